The lowest BCUT2D eigenvalue weighted by molar-refractivity contribution is 0.279. The van der Waals surface area contributed by atoms with Crippen LogP contribution in [0.5, 0.6) is 5.75 Å². The predicted molar refractivity (Wildman–Crippen MR) is 112 cm³/mol. The average Bonchev–Trinajstić information content (AvgIpc) is 3.31. The molecule has 0 bridgehead atoms. The summed E-state index contributed by atoms with van der Waals surface area (Å²) < 4.78 is 35.2. The van der Waals surface area contributed by atoms with E-state index >= 15 is 0 Å². The van der Waals surface area contributed by atoms with E-state index < -0.39 is 9.84 Å². The summed E-state index contributed by atoms with van der Waals surface area (Å²) in [7, 11) is -2.01. The molecule has 0 saturated carbocycles. The molecule has 1 saturated heterocycles. The van der Waals surface area contributed by atoms with E-state index in [1.807, 2.05) is 6.07 Å². The Morgan fingerprint density at radius 1 is 1.21 bits per heavy atom. The Hall–Kier alpha value is -2.29. The lowest BCUT2D eigenvalue weighted by Gasteiger charge is -2.33. The SMILES string of the molecule is COc1ccc(S(=O)(=O)c2cnns2)cc1CC1CCCN[C@@H]1c1ccccc1. The topological polar surface area (TPSA) is 81.2 Å². The Labute approximate surface area is 175 Å². The van der Waals surface area contributed by atoms with E-state index in [9.17, 15) is 8.42 Å². The highest BCUT2D eigenvalue weighted by Gasteiger charge is 2.28. The van der Waals surface area contributed by atoms with Gasteiger partial charge in [0.1, 0.15) is 5.75 Å². The van der Waals surface area contributed by atoms with Gasteiger partial charge in [0.25, 0.3) is 0 Å². The molecule has 29 heavy (non-hydrogen) atoms. The summed E-state index contributed by atoms with van der Waals surface area (Å²) in [5, 5.41) is 7.30. The first-order valence-corrected chi connectivity index (χ1v) is 11.8. The van der Waals surface area contributed by atoms with E-state index in [0.717, 1.165) is 42.9 Å². The molecular formula is C21H23N3O3S2. The second-order valence-electron chi connectivity index (χ2n) is 7.16. The highest BCUT2D eigenvalue weighted by Crippen LogP contribution is 2.35. The fraction of sp³-hybridized carbons (Fsp3) is 0.333. The zero-order valence-corrected chi connectivity index (χ0v) is 17.7. The van der Waals surface area contributed by atoms with Crippen molar-refractivity contribution in [1.29, 1.82) is 0 Å². The van der Waals surface area contributed by atoms with Gasteiger partial charge in [0.05, 0.1) is 18.2 Å². The Balaban J connectivity index is 1.67. The van der Waals surface area contributed by atoms with Crippen LogP contribution in [0.3, 0.4) is 0 Å². The minimum atomic E-state index is -3.63. The van der Waals surface area contributed by atoms with Gasteiger partial charge in [-0.1, -0.05) is 34.8 Å². The predicted octanol–water partition coefficient (Wildman–Crippen LogP) is 3.66. The fourth-order valence-electron chi connectivity index (χ4n) is 3.98. The van der Waals surface area contributed by atoms with Gasteiger partial charge in [-0.05, 0) is 61.1 Å². The van der Waals surface area contributed by atoms with Gasteiger partial charge < -0.3 is 10.1 Å². The molecule has 6 nitrogen and oxygen atoms in total. The fourth-order valence-corrected chi connectivity index (χ4v) is 6.00. The van der Waals surface area contributed by atoms with Crippen LogP contribution >= 0.6 is 11.5 Å². The van der Waals surface area contributed by atoms with Crippen molar-refractivity contribution in [1.82, 2.24) is 14.9 Å². The molecule has 4 rings (SSSR count). The molecule has 1 N–H and O–H groups in total. The van der Waals surface area contributed by atoms with Crippen LogP contribution in [0, 0.1) is 5.92 Å². The maximum absolute atomic E-state index is 12.9. The number of nitrogens with zero attached hydrogens (tertiary/aromatic N) is 2. The molecule has 2 aromatic carbocycles. The summed E-state index contributed by atoms with van der Waals surface area (Å²) in [4.78, 5) is 0.249. The molecule has 1 aromatic heterocycles. The lowest BCUT2D eigenvalue weighted by atomic mass is 9.82. The monoisotopic (exact) mass is 429 g/mol. The zero-order chi connectivity index (χ0) is 20.3. The Kier molecular flexibility index (Phi) is 5.94. The van der Waals surface area contributed by atoms with Crippen molar-refractivity contribution in [3.63, 3.8) is 0 Å². The molecule has 0 amide bonds. The van der Waals surface area contributed by atoms with Crippen LogP contribution in [-0.4, -0.2) is 31.7 Å². The van der Waals surface area contributed by atoms with Gasteiger partial charge in [-0.25, -0.2) is 8.42 Å². The van der Waals surface area contributed by atoms with Gasteiger partial charge in [-0.15, -0.1) is 5.10 Å². The Morgan fingerprint density at radius 3 is 2.76 bits per heavy atom. The number of sulfone groups is 1. The first kappa shape index (κ1) is 20.0. The van der Waals surface area contributed by atoms with Crippen molar-refractivity contribution in [2.24, 2.45) is 5.92 Å². The third kappa shape index (κ3) is 4.19. The average molecular weight is 430 g/mol. The summed E-state index contributed by atoms with van der Waals surface area (Å²) in [6.07, 6.45) is 4.20. The molecule has 1 unspecified atom stereocenters. The van der Waals surface area contributed by atoms with Crippen molar-refractivity contribution >= 4 is 21.4 Å². The third-order valence-electron chi connectivity index (χ3n) is 5.40. The van der Waals surface area contributed by atoms with Crippen LogP contribution in [-0.2, 0) is 16.3 Å². The second-order valence-corrected chi connectivity index (χ2v) is 10.1. The first-order valence-electron chi connectivity index (χ1n) is 9.57. The number of hydrogen-bond acceptors (Lipinski definition) is 7. The van der Waals surface area contributed by atoms with Crippen molar-refractivity contribution in [3.8, 4) is 5.75 Å². The number of methoxy groups -OCH3 is 1. The van der Waals surface area contributed by atoms with Crippen molar-refractivity contribution in [2.75, 3.05) is 13.7 Å². The molecule has 152 valence electrons. The van der Waals surface area contributed by atoms with E-state index in [1.165, 1.54) is 11.8 Å². The molecule has 3 aromatic rings. The lowest BCUT2D eigenvalue weighted by Crippen LogP contribution is -2.35. The normalized spacial score (nSPS) is 19.8. The summed E-state index contributed by atoms with van der Waals surface area (Å²) in [5.41, 5.74) is 2.16. The van der Waals surface area contributed by atoms with Gasteiger partial charge in [-0.3, -0.25) is 0 Å². The van der Waals surface area contributed by atoms with Gasteiger partial charge >= 0.3 is 0 Å². The molecule has 0 radical (unpaired) electrons. The van der Waals surface area contributed by atoms with Crippen molar-refractivity contribution in [2.45, 2.75) is 34.4 Å². The van der Waals surface area contributed by atoms with Gasteiger partial charge in [0, 0.05) is 17.6 Å². The number of aromatic nitrogens is 2. The summed E-state index contributed by atoms with van der Waals surface area (Å²) in [6.45, 7) is 0.986. The number of nitrogens with one attached hydrogen (secondary N) is 1. The molecule has 8 heteroatoms. The summed E-state index contributed by atoms with van der Waals surface area (Å²) in [6, 6.07) is 15.7. The smallest absolute Gasteiger partial charge is 0.219 e. The maximum atomic E-state index is 12.9. The van der Waals surface area contributed by atoms with E-state index in [1.54, 1.807) is 25.3 Å². The first-order chi connectivity index (χ1) is 14.1. The molecule has 1 fully saturated rings. The van der Waals surface area contributed by atoms with Gasteiger partial charge in [0.15, 0.2) is 4.21 Å². The number of hydrogen-bond donors (Lipinski definition) is 1. The largest absolute Gasteiger partial charge is 0.496 e. The Morgan fingerprint density at radius 2 is 2.03 bits per heavy atom. The minimum Gasteiger partial charge on any atom is -0.496 e. The maximum Gasteiger partial charge on any atom is 0.219 e. The van der Waals surface area contributed by atoms with Crippen LogP contribution in [0.25, 0.3) is 0 Å². The number of piperidine rings is 1. The molecule has 2 atom stereocenters. The zero-order valence-electron chi connectivity index (χ0n) is 16.1. The van der Waals surface area contributed by atoms with Crippen LogP contribution in [0.15, 0.2) is 63.8 Å². The van der Waals surface area contributed by atoms with Crippen molar-refractivity contribution in [3.05, 3.63) is 65.9 Å². The number of rotatable bonds is 6. The Bertz CT molecular complexity index is 1050. The molecule has 1 aliphatic heterocycles. The highest BCUT2D eigenvalue weighted by molar-refractivity contribution is 7.93. The summed E-state index contributed by atoms with van der Waals surface area (Å²) >= 11 is 0.884. The third-order valence-corrected chi connectivity index (χ3v) is 8.25. The highest BCUT2D eigenvalue weighted by atomic mass is 32.2. The van der Waals surface area contributed by atoms with Gasteiger partial charge in [-0.2, -0.15) is 0 Å². The quantitative estimate of drug-likeness (QED) is 0.644. The minimum absolute atomic E-state index is 0.148. The van der Waals surface area contributed by atoms with E-state index in [2.05, 4.69) is 39.2 Å². The van der Waals surface area contributed by atoms with E-state index in [0.29, 0.717) is 11.7 Å². The van der Waals surface area contributed by atoms with E-state index in [4.69, 9.17) is 4.74 Å². The van der Waals surface area contributed by atoms with Crippen LogP contribution in [0.1, 0.15) is 30.0 Å². The number of benzene rings is 2. The van der Waals surface area contributed by atoms with Crippen LogP contribution < -0.4 is 10.1 Å². The second kappa shape index (κ2) is 8.61. The molecule has 0 aliphatic carbocycles. The molecule has 2 heterocycles. The summed E-state index contributed by atoms with van der Waals surface area (Å²) in [5.74, 6) is 1.06. The molecule has 0 spiro atoms. The number of ether oxygens (including phenoxy) is 1. The standard InChI is InChI=1S/C21H23N3O3S2/c1-27-19-10-9-18(29(25,26)20-14-23-24-28-20)13-17(19)12-16-8-5-11-22-21(16)15-6-3-2-4-7-15/h2-4,6-7,9-10,13-14,16,21-22H,5,8,11-12H2,1H3/t16?,21-/m1/s1. The van der Waals surface area contributed by atoms with Crippen molar-refractivity contribution < 1.29 is 13.2 Å². The van der Waals surface area contributed by atoms with Gasteiger partial charge in [0.2, 0.25) is 9.84 Å². The molecule has 1 aliphatic rings. The van der Waals surface area contributed by atoms with Crippen LogP contribution in [0.2, 0.25) is 0 Å². The van der Waals surface area contributed by atoms with Crippen LogP contribution in [0.4, 0.5) is 0 Å². The molecular weight excluding hydrogens is 406 g/mol. The van der Waals surface area contributed by atoms with E-state index in [-0.39, 0.29) is 15.1 Å².